The third kappa shape index (κ3) is 2.93. The first kappa shape index (κ1) is 15.9. The van der Waals surface area contributed by atoms with Crippen LogP contribution in [0.2, 0.25) is 0 Å². The summed E-state index contributed by atoms with van der Waals surface area (Å²) in [5.74, 6) is 1.30. The van der Waals surface area contributed by atoms with Crippen LogP contribution in [0.5, 0.6) is 11.5 Å². The Morgan fingerprint density at radius 1 is 1.20 bits per heavy atom. The van der Waals surface area contributed by atoms with Gasteiger partial charge in [-0.05, 0) is 31.9 Å². The second-order valence-electron chi connectivity index (χ2n) is 6.39. The van der Waals surface area contributed by atoms with E-state index in [1.54, 1.807) is 9.58 Å². The fourth-order valence-electron chi connectivity index (χ4n) is 3.19. The molecule has 0 bridgehead atoms. The number of piperidine rings is 1. The number of nitrogens with two attached hydrogens (primary N) is 1. The smallest absolute Gasteiger partial charge is 0.276 e. The molecule has 0 atom stereocenters. The van der Waals surface area contributed by atoms with Crippen molar-refractivity contribution < 1.29 is 14.3 Å². The Hall–Kier alpha value is -2.61. The number of carbonyl (C=O) groups excluding carboxylic acids is 1. The minimum absolute atomic E-state index is 0.0896. The Morgan fingerprint density at radius 2 is 1.92 bits per heavy atom. The van der Waals surface area contributed by atoms with E-state index in [1.165, 1.54) is 0 Å². The lowest BCUT2D eigenvalue weighted by molar-refractivity contribution is 0.0708. The van der Waals surface area contributed by atoms with Gasteiger partial charge in [-0.1, -0.05) is 5.21 Å². The standard InChI is InChI=1S/C17H21N5O3/c1-11-16(17(23)21-6-4-12(18)5-7-21)19-20-22(11)13-2-3-14-15(10-13)25-9-8-24-14/h2-3,10,12H,4-9,18H2,1H3. The van der Waals surface area contributed by atoms with Crippen molar-refractivity contribution in [3.63, 3.8) is 0 Å². The molecule has 8 heteroatoms. The Morgan fingerprint density at radius 3 is 2.68 bits per heavy atom. The predicted octanol–water partition coefficient (Wildman–Crippen LogP) is 0.910. The number of hydrogen-bond acceptors (Lipinski definition) is 6. The lowest BCUT2D eigenvalue weighted by Gasteiger charge is -2.29. The average Bonchev–Trinajstić information content (AvgIpc) is 3.03. The van der Waals surface area contributed by atoms with E-state index in [0.29, 0.717) is 49.2 Å². The number of nitrogens with zero attached hydrogens (tertiary/aromatic N) is 4. The van der Waals surface area contributed by atoms with Crippen molar-refractivity contribution in [2.24, 2.45) is 5.73 Å². The zero-order valence-corrected chi connectivity index (χ0v) is 14.1. The van der Waals surface area contributed by atoms with E-state index in [0.717, 1.165) is 18.5 Å². The maximum absolute atomic E-state index is 12.7. The number of amides is 1. The summed E-state index contributed by atoms with van der Waals surface area (Å²) in [6, 6.07) is 5.75. The topological polar surface area (TPSA) is 95.5 Å². The normalized spacial score (nSPS) is 17.6. The van der Waals surface area contributed by atoms with E-state index in [1.807, 2.05) is 25.1 Å². The van der Waals surface area contributed by atoms with Gasteiger partial charge >= 0.3 is 0 Å². The molecular formula is C17H21N5O3. The minimum Gasteiger partial charge on any atom is -0.486 e. The van der Waals surface area contributed by atoms with E-state index in [-0.39, 0.29) is 11.9 Å². The van der Waals surface area contributed by atoms with Crippen molar-refractivity contribution in [1.82, 2.24) is 19.9 Å². The highest BCUT2D eigenvalue weighted by Crippen LogP contribution is 2.32. The first-order valence-electron chi connectivity index (χ1n) is 8.50. The lowest BCUT2D eigenvalue weighted by atomic mass is 10.1. The van der Waals surface area contributed by atoms with Gasteiger partial charge in [0.15, 0.2) is 17.2 Å². The number of aromatic nitrogens is 3. The van der Waals surface area contributed by atoms with Crippen molar-refractivity contribution in [2.75, 3.05) is 26.3 Å². The summed E-state index contributed by atoms with van der Waals surface area (Å²) < 4.78 is 12.8. The van der Waals surface area contributed by atoms with E-state index in [9.17, 15) is 4.79 Å². The number of fused-ring (bicyclic) bond motifs is 1. The molecule has 0 spiro atoms. The second-order valence-corrected chi connectivity index (χ2v) is 6.39. The van der Waals surface area contributed by atoms with Crippen LogP contribution in [0.25, 0.3) is 5.69 Å². The summed E-state index contributed by atoms with van der Waals surface area (Å²) in [5, 5.41) is 8.28. The number of benzene rings is 1. The molecule has 0 unspecified atom stereocenters. The molecule has 1 aromatic heterocycles. The van der Waals surface area contributed by atoms with Crippen molar-refractivity contribution in [3.8, 4) is 17.2 Å². The highest BCUT2D eigenvalue weighted by molar-refractivity contribution is 5.93. The van der Waals surface area contributed by atoms with Crippen LogP contribution in [-0.2, 0) is 0 Å². The van der Waals surface area contributed by atoms with Gasteiger partial charge in [-0.2, -0.15) is 0 Å². The largest absolute Gasteiger partial charge is 0.486 e. The molecule has 132 valence electrons. The lowest BCUT2D eigenvalue weighted by Crippen LogP contribution is -2.43. The number of hydrogen-bond donors (Lipinski definition) is 1. The van der Waals surface area contributed by atoms with Crippen molar-refractivity contribution in [3.05, 3.63) is 29.6 Å². The summed E-state index contributed by atoms with van der Waals surface area (Å²) >= 11 is 0. The van der Waals surface area contributed by atoms with Crippen LogP contribution in [0.3, 0.4) is 0 Å². The minimum atomic E-state index is -0.0896. The number of carbonyl (C=O) groups is 1. The Kier molecular flexibility index (Phi) is 4.04. The Balaban J connectivity index is 1.60. The van der Waals surface area contributed by atoms with E-state index >= 15 is 0 Å². The molecule has 1 amide bonds. The molecule has 2 aliphatic rings. The number of likely N-dealkylation sites (tertiary alicyclic amines) is 1. The van der Waals surface area contributed by atoms with Gasteiger partial charge in [0.25, 0.3) is 5.91 Å². The van der Waals surface area contributed by atoms with E-state index in [4.69, 9.17) is 15.2 Å². The quantitative estimate of drug-likeness (QED) is 0.871. The molecule has 25 heavy (non-hydrogen) atoms. The van der Waals surface area contributed by atoms with E-state index < -0.39 is 0 Å². The molecule has 0 saturated carbocycles. The van der Waals surface area contributed by atoms with Gasteiger partial charge in [0.1, 0.15) is 13.2 Å². The summed E-state index contributed by atoms with van der Waals surface area (Å²) in [6.07, 6.45) is 1.64. The van der Waals surface area contributed by atoms with Crippen molar-refractivity contribution in [2.45, 2.75) is 25.8 Å². The summed E-state index contributed by atoms with van der Waals surface area (Å²) in [6.45, 7) is 4.24. The van der Waals surface area contributed by atoms with Crippen LogP contribution in [0.1, 0.15) is 29.0 Å². The highest BCUT2D eigenvalue weighted by atomic mass is 16.6. The summed E-state index contributed by atoms with van der Waals surface area (Å²) in [7, 11) is 0. The van der Waals surface area contributed by atoms with Crippen LogP contribution in [-0.4, -0.2) is 58.1 Å². The molecule has 0 radical (unpaired) electrons. The van der Waals surface area contributed by atoms with Gasteiger partial charge in [-0.3, -0.25) is 4.79 Å². The SMILES string of the molecule is Cc1c(C(=O)N2CCC(N)CC2)nnn1-c1ccc2c(c1)OCCO2. The van der Waals surface area contributed by atoms with Gasteiger partial charge in [0.2, 0.25) is 0 Å². The van der Waals surface area contributed by atoms with Crippen LogP contribution in [0.15, 0.2) is 18.2 Å². The molecular weight excluding hydrogens is 322 g/mol. The van der Waals surface area contributed by atoms with Gasteiger partial charge in [0.05, 0.1) is 11.4 Å². The average molecular weight is 343 g/mol. The van der Waals surface area contributed by atoms with Gasteiger partial charge in [0, 0.05) is 25.2 Å². The molecule has 8 nitrogen and oxygen atoms in total. The number of rotatable bonds is 2. The molecule has 2 N–H and O–H groups in total. The maximum atomic E-state index is 12.7. The third-order valence-corrected chi connectivity index (χ3v) is 4.69. The highest BCUT2D eigenvalue weighted by Gasteiger charge is 2.26. The molecule has 1 fully saturated rings. The molecule has 3 heterocycles. The fraction of sp³-hybridized carbons (Fsp3) is 0.471. The van der Waals surface area contributed by atoms with Crippen LogP contribution in [0, 0.1) is 6.92 Å². The molecule has 2 aliphatic heterocycles. The molecule has 0 aliphatic carbocycles. The van der Waals surface area contributed by atoms with Crippen LogP contribution < -0.4 is 15.2 Å². The maximum Gasteiger partial charge on any atom is 0.276 e. The second kappa shape index (κ2) is 6.36. The number of ether oxygens (including phenoxy) is 2. The molecule has 2 aromatic rings. The fourth-order valence-corrected chi connectivity index (χ4v) is 3.19. The predicted molar refractivity (Wildman–Crippen MR) is 90.2 cm³/mol. The molecule has 1 saturated heterocycles. The van der Waals surface area contributed by atoms with Gasteiger partial charge < -0.3 is 20.1 Å². The Bertz CT molecular complexity index is 796. The monoisotopic (exact) mass is 343 g/mol. The zero-order valence-electron chi connectivity index (χ0n) is 14.1. The summed E-state index contributed by atoms with van der Waals surface area (Å²) in [5.41, 5.74) is 7.78. The van der Waals surface area contributed by atoms with Crippen molar-refractivity contribution >= 4 is 5.91 Å². The van der Waals surface area contributed by atoms with E-state index in [2.05, 4.69) is 10.3 Å². The first-order chi connectivity index (χ1) is 12.1. The summed E-state index contributed by atoms with van der Waals surface area (Å²) in [4.78, 5) is 14.5. The molecule has 4 rings (SSSR count). The first-order valence-corrected chi connectivity index (χ1v) is 8.50. The van der Waals surface area contributed by atoms with Crippen molar-refractivity contribution in [1.29, 1.82) is 0 Å². The Labute approximate surface area is 145 Å². The van der Waals surface area contributed by atoms with Gasteiger partial charge in [-0.25, -0.2) is 4.68 Å². The molecule has 1 aromatic carbocycles. The van der Waals surface area contributed by atoms with Crippen LogP contribution >= 0.6 is 0 Å². The zero-order chi connectivity index (χ0) is 17.4. The van der Waals surface area contributed by atoms with Crippen LogP contribution in [0.4, 0.5) is 0 Å². The third-order valence-electron chi connectivity index (χ3n) is 4.69. The van der Waals surface area contributed by atoms with Gasteiger partial charge in [-0.15, -0.1) is 5.10 Å².